The molecular formula is C9H11F6N3O5S2+2. The van der Waals surface area contributed by atoms with E-state index in [0.717, 1.165) is 4.57 Å². The van der Waals surface area contributed by atoms with Gasteiger partial charge in [0.2, 0.25) is 6.33 Å². The van der Waals surface area contributed by atoms with Gasteiger partial charge in [-0.25, -0.2) is 9.13 Å². The van der Waals surface area contributed by atoms with Crippen LogP contribution in [0.1, 0.15) is 6.42 Å². The Hall–Kier alpha value is -1.84. The number of aryl methyl sites for hydroxylation is 2. The van der Waals surface area contributed by atoms with Crippen LogP contribution < -0.4 is 4.57 Å². The van der Waals surface area contributed by atoms with Crippen LogP contribution in [-0.2, 0) is 33.6 Å². The van der Waals surface area contributed by atoms with Crippen LogP contribution >= 0.6 is 0 Å². The van der Waals surface area contributed by atoms with Crippen molar-refractivity contribution < 1.29 is 56.2 Å². The number of aromatic nitrogens is 2. The minimum absolute atomic E-state index is 0.496. The zero-order valence-electron chi connectivity index (χ0n) is 12.2. The van der Waals surface area contributed by atoms with Gasteiger partial charge in [0.05, 0.1) is 7.05 Å². The number of halogens is 6. The normalized spacial score (nSPS) is 13.7. The minimum Gasteiger partial charge on any atom is -0.461 e. The van der Waals surface area contributed by atoms with Gasteiger partial charge in [0.1, 0.15) is 25.4 Å². The van der Waals surface area contributed by atoms with E-state index in [0.29, 0.717) is 0 Å². The molecule has 1 rings (SSSR count). The van der Waals surface area contributed by atoms with Crippen LogP contribution in [0.15, 0.2) is 18.7 Å². The van der Waals surface area contributed by atoms with Gasteiger partial charge < -0.3 is 5.11 Å². The quantitative estimate of drug-likeness (QED) is 0.322. The van der Waals surface area contributed by atoms with Crippen LogP contribution in [-0.4, -0.2) is 46.8 Å². The molecule has 1 N–H and O–H groups in total. The molecule has 0 aromatic carbocycles. The Morgan fingerprint density at radius 1 is 1.08 bits per heavy atom. The fraction of sp³-hybridized carbons (Fsp3) is 0.556. The third-order valence-corrected chi connectivity index (χ3v) is 6.29. The number of sulfonamides is 2. The number of alkyl halides is 6. The molecule has 1 aromatic rings. The molecule has 0 aliphatic heterocycles. The predicted molar refractivity (Wildman–Crippen MR) is 68.1 cm³/mol. The molecule has 0 amide bonds. The number of imidazole rings is 1. The van der Waals surface area contributed by atoms with Crippen molar-refractivity contribution in [1.82, 2.24) is 4.57 Å². The molecule has 1 aromatic heterocycles. The third-order valence-electron chi connectivity index (χ3n) is 2.65. The van der Waals surface area contributed by atoms with E-state index in [9.17, 15) is 48.3 Å². The van der Waals surface area contributed by atoms with Crippen LogP contribution in [0.4, 0.5) is 26.3 Å². The Balaban J connectivity index is 3.50. The molecule has 0 aliphatic carbocycles. The van der Waals surface area contributed by atoms with Crippen molar-refractivity contribution in [2.24, 2.45) is 7.05 Å². The molecule has 0 unspecified atom stereocenters. The Kier molecular flexibility index (Phi) is 5.49. The highest BCUT2D eigenvalue weighted by molar-refractivity contribution is 7.98. The van der Waals surface area contributed by atoms with Crippen molar-refractivity contribution in [2.75, 3.05) is 0 Å². The zero-order chi connectivity index (χ0) is 19.8. The summed E-state index contributed by atoms with van der Waals surface area (Å²) in [4.78, 5) is 0. The summed E-state index contributed by atoms with van der Waals surface area (Å²) >= 11 is 0. The zero-order valence-corrected chi connectivity index (χ0v) is 13.8. The molecule has 0 spiro atoms. The lowest BCUT2D eigenvalue weighted by Gasteiger charge is -2.09. The molecule has 0 atom stereocenters. The Morgan fingerprint density at radius 2 is 1.52 bits per heavy atom. The van der Waals surface area contributed by atoms with Gasteiger partial charge in [0, 0.05) is 3.39 Å². The Morgan fingerprint density at radius 3 is 1.84 bits per heavy atom. The molecule has 0 aliphatic rings. The maximum atomic E-state index is 12.5. The van der Waals surface area contributed by atoms with Crippen molar-refractivity contribution in [3.8, 4) is 0 Å². The lowest BCUT2D eigenvalue weighted by molar-refractivity contribution is -0.671. The standard InChI is InChI=1S/C9H10F6N3O5S2/c1-16-4-5-17(6-16)3-2-7(19)18(24(20,21)8(10,11)12)25(22,23)9(13,14)15/h4-6H,2-3H2,1H3/q+1/p+1. The summed E-state index contributed by atoms with van der Waals surface area (Å²) in [7, 11) is -12.6. The van der Waals surface area contributed by atoms with Gasteiger partial charge in [0.15, 0.2) is 0 Å². The highest BCUT2D eigenvalue weighted by Crippen LogP contribution is 2.32. The van der Waals surface area contributed by atoms with Crippen molar-refractivity contribution in [1.29, 1.82) is 0 Å². The number of nitrogens with zero attached hydrogens (tertiary/aromatic N) is 3. The summed E-state index contributed by atoms with van der Waals surface area (Å²) in [6.45, 7) is -0.496. The Labute approximate surface area is 137 Å². The monoisotopic (exact) mass is 419 g/mol. The molecule has 0 fully saturated rings. The topological polar surface area (TPSA) is 100 Å². The smallest absolute Gasteiger partial charge is 0.461 e. The van der Waals surface area contributed by atoms with Gasteiger partial charge in [-0.2, -0.15) is 43.2 Å². The molecule has 1 heterocycles. The van der Waals surface area contributed by atoms with Crippen LogP contribution in [0.5, 0.6) is 0 Å². The van der Waals surface area contributed by atoms with Crippen molar-refractivity contribution in [2.45, 2.75) is 24.0 Å². The van der Waals surface area contributed by atoms with Gasteiger partial charge in [-0.1, -0.05) is 0 Å². The number of aliphatic hydroxyl groups is 1. The fourth-order valence-electron chi connectivity index (χ4n) is 1.55. The van der Waals surface area contributed by atoms with E-state index in [1.54, 1.807) is 0 Å². The summed E-state index contributed by atoms with van der Waals surface area (Å²) in [5.74, 6) is -2.15. The highest BCUT2D eigenvalue weighted by atomic mass is 32.3. The fourth-order valence-corrected chi connectivity index (χ4v) is 4.20. The molecule has 0 saturated carbocycles. The number of hydrogen-bond donors (Lipinski definition) is 1. The van der Waals surface area contributed by atoms with E-state index in [-0.39, 0.29) is 0 Å². The van der Waals surface area contributed by atoms with Crippen LogP contribution in [0, 0.1) is 0 Å². The molecule has 0 radical (unpaired) electrons. The largest absolute Gasteiger partial charge is 0.561 e. The maximum absolute atomic E-state index is 12.5. The van der Waals surface area contributed by atoms with Gasteiger partial charge in [-0.05, 0) is 0 Å². The van der Waals surface area contributed by atoms with Crippen molar-refractivity contribution >= 4 is 25.9 Å². The Bertz CT molecular complexity index is 836. The number of rotatable bonds is 5. The lowest BCUT2D eigenvalue weighted by atomic mass is 10.4. The molecular weight excluding hydrogens is 408 g/mol. The average Bonchev–Trinajstić information content (AvgIpc) is 2.79. The SMILES string of the molecule is C[n+]1ccn(CCC(O)=[N+](S(=O)(=O)C(F)(F)F)S(=O)(=O)C(F)(F)F)c1. The van der Waals surface area contributed by atoms with Gasteiger partial charge in [-0.3, -0.25) is 0 Å². The van der Waals surface area contributed by atoms with Crippen LogP contribution in [0.2, 0.25) is 0 Å². The summed E-state index contributed by atoms with van der Waals surface area (Å²) < 4.78 is 121. The second-order valence-corrected chi connectivity index (χ2v) is 8.37. The van der Waals surface area contributed by atoms with E-state index >= 15 is 0 Å². The summed E-state index contributed by atoms with van der Waals surface area (Å²) in [6.07, 6.45) is 2.88. The molecule has 0 saturated heterocycles. The second-order valence-electron chi connectivity index (χ2n) is 4.58. The van der Waals surface area contributed by atoms with Crippen LogP contribution in [0.25, 0.3) is 0 Å². The lowest BCUT2D eigenvalue weighted by Crippen LogP contribution is -2.46. The third kappa shape index (κ3) is 4.23. The second kappa shape index (κ2) is 6.47. The van der Waals surface area contributed by atoms with Crippen molar-refractivity contribution in [3.63, 3.8) is 0 Å². The molecule has 144 valence electrons. The summed E-state index contributed by atoms with van der Waals surface area (Å²) in [6, 6.07) is 0. The average molecular weight is 419 g/mol. The summed E-state index contributed by atoms with van der Waals surface area (Å²) in [5.41, 5.74) is -12.8. The predicted octanol–water partition coefficient (Wildman–Crippen LogP) is 0.371. The van der Waals surface area contributed by atoms with Gasteiger partial charge in [-0.15, -0.1) is 0 Å². The maximum Gasteiger partial charge on any atom is 0.561 e. The van der Waals surface area contributed by atoms with E-state index < -0.39 is 53.3 Å². The van der Waals surface area contributed by atoms with Gasteiger partial charge >= 0.3 is 37.0 Å². The van der Waals surface area contributed by atoms with Crippen molar-refractivity contribution in [3.05, 3.63) is 18.7 Å². The van der Waals surface area contributed by atoms with E-state index in [1.807, 2.05) is 0 Å². The first-order chi connectivity index (χ1) is 11.0. The molecule has 0 bridgehead atoms. The molecule has 8 nitrogen and oxygen atoms in total. The van der Waals surface area contributed by atoms with Gasteiger partial charge in [0.25, 0.3) is 0 Å². The van der Waals surface area contributed by atoms with E-state index in [4.69, 9.17) is 0 Å². The molecule has 16 heteroatoms. The first-order valence-corrected chi connectivity index (χ1v) is 8.88. The van der Waals surface area contributed by atoms with Crippen LogP contribution in [0.3, 0.4) is 0 Å². The first-order valence-electron chi connectivity index (χ1n) is 6.00. The number of hydrogen-bond acceptors (Lipinski definition) is 4. The summed E-state index contributed by atoms with van der Waals surface area (Å²) in [5, 5.41) is 9.44. The molecule has 25 heavy (non-hydrogen) atoms. The highest BCUT2D eigenvalue weighted by Gasteiger charge is 2.68. The minimum atomic E-state index is -7.05. The first kappa shape index (κ1) is 21.2. The number of aliphatic hydroxyl groups excluding tert-OH is 1. The van der Waals surface area contributed by atoms with E-state index in [2.05, 4.69) is 0 Å². The van der Waals surface area contributed by atoms with E-state index in [1.165, 1.54) is 30.3 Å².